The number of fused-ring (bicyclic) bond motifs is 1. The highest BCUT2D eigenvalue weighted by molar-refractivity contribution is 5.76. The molecule has 1 saturated carbocycles. The van der Waals surface area contributed by atoms with Gasteiger partial charge in [-0.2, -0.15) is 0 Å². The predicted octanol–water partition coefficient (Wildman–Crippen LogP) is 2.62. The van der Waals surface area contributed by atoms with Crippen molar-refractivity contribution >= 4 is 5.78 Å². The van der Waals surface area contributed by atoms with Gasteiger partial charge in [0, 0.05) is 18.5 Å². The summed E-state index contributed by atoms with van der Waals surface area (Å²) in [6, 6.07) is 1.27. The summed E-state index contributed by atoms with van der Waals surface area (Å²) in [4.78, 5) is 13.7. The molecule has 2 heteroatoms. The fraction of sp³-hybridized carbons (Fsp3) is 0.923. The lowest BCUT2D eigenvalue weighted by molar-refractivity contribution is -0.118. The zero-order valence-corrected chi connectivity index (χ0v) is 10.0. The summed E-state index contributed by atoms with van der Waals surface area (Å²) in [7, 11) is 0. The third-order valence-electron chi connectivity index (χ3n) is 4.20. The molecule has 15 heavy (non-hydrogen) atoms. The van der Waals surface area contributed by atoms with Crippen LogP contribution in [0.15, 0.2) is 0 Å². The van der Waals surface area contributed by atoms with Crippen LogP contribution in [0.1, 0.15) is 52.4 Å². The van der Waals surface area contributed by atoms with Crippen LogP contribution in [-0.4, -0.2) is 29.3 Å². The van der Waals surface area contributed by atoms with Crippen molar-refractivity contribution in [2.45, 2.75) is 64.5 Å². The van der Waals surface area contributed by atoms with Crippen LogP contribution >= 0.6 is 0 Å². The molecule has 3 atom stereocenters. The molecule has 86 valence electrons. The van der Waals surface area contributed by atoms with Crippen molar-refractivity contribution in [2.24, 2.45) is 5.92 Å². The molecule has 1 heterocycles. The lowest BCUT2D eigenvalue weighted by Crippen LogP contribution is -2.41. The van der Waals surface area contributed by atoms with Crippen molar-refractivity contribution in [3.05, 3.63) is 0 Å². The van der Waals surface area contributed by atoms with Crippen LogP contribution in [0.5, 0.6) is 0 Å². The Bertz CT molecular complexity index is 239. The Morgan fingerprint density at radius 2 is 2.07 bits per heavy atom. The average Bonchev–Trinajstić information content (AvgIpc) is 2.59. The molecule has 0 aromatic heterocycles. The van der Waals surface area contributed by atoms with Crippen molar-refractivity contribution < 1.29 is 4.79 Å². The van der Waals surface area contributed by atoms with Gasteiger partial charge >= 0.3 is 0 Å². The van der Waals surface area contributed by atoms with Crippen LogP contribution in [0.2, 0.25) is 0 Å². The van der Waals surface area contributed by atoms with Gasteiger partial charge in [0.2, 0.25) is 0 Å². The van der Waals surface area contributed by atoms with E-state index in [1.54, 1.807) is 6.92 Å². The molecule has 0 aromatic rings. The number of carbonyl (C=O) groups is 1. The summed E-state index contributed by atoms with van der Waals surface area (Å²) in [5.41, 5.74) is 0. The Balaban J connectivity index is 1.94. The molecule has 0 aromatic carbocycles. The minimum atomic E-state index is 0.335. The van der Waals surface area contributed by atoms with Gasteiger partial charge in [0.05, 0.1) is 0 Å². The Kier molecular flexibility index (Phi) is 3.45. The number of hydrogen-bond donors (Lipinski definition) is 0. The molecule has 0 radical (unpaired) electrons. The van der Waals surface area contributed by atoms with Crippen LogP contribution < -0.4 is 0 Å². The molecule has 0 bridgehead atoms. The second kappa shape index (κ2) is 4.65. The van der Waals surface area contributed by atoms with Crippen LogP contribution in [0.4, 0.5) is 0 Å². The molecule has 3 unspecified atom stereocenters. The normalized spacial score (nSPS) is 33.7. The first-order valence-corrected chi connectivity index (χ1v) is 6.43. The summed E-state index contributed by atoms with van der Waals surface area (Å²) in [5, 5.41) is 0. The second-order valence-corrected chi connectivity index (χ2v) is 5.39. The Morgan fingerprint density at radius 3 is 2.80 bits per heavy atom. The van der Waals surface area contributed by atoms with E-state index < -0.39 is 0 Å². The Hall–Kier alpha value is -0.370. The fourth-order valence-corrected chi connectivity index (χ4v) is 3.52. The third-order valence-corrected chi connectivity index (χ3v) is 4.20. The van der Waals surface area contributed by atoms with E-state index in [4.69, 9.17) is 0 Å². The average molecular weight is 209 g/mol. The largest absolute Gasteiger partial charge is 0.300 e. The van der Waals surface area contributed by atoms with Gasteiger partial charge in [-0.05, 0) is 45.6 Å². The van der Waals surface area contributed by atoms with Crippen molar-refractivity contribution in [3.63, 3.8) is 0 Å². The fourth-order valence-electron chi connectivity index (χ4n) is 3.52. The number of nitrogens with zero attached hydrogens (tertiary/aromatic N) is 1. The van der Waals surface area contributed by atoms with E-state index in [0.717, 1.165) is 18.4 Å². The van der Waals surface area contributed by atoms with Crippen LogP contribution in [0, 0.1) is 5.92 Å². The van der Waals surface area contributed by atoms with Crippen molar-refractivity contribution in [2.75, 3.05) is 6.54 Å². The quantitative estimate of drug-likeness (QED) is 0.712. The van der Waals surface area contributed by atoms with Gasteiger partial charge in [0.15, 0.2) is 0 Å². The molecule has 0 spiro atoms. The summed E-state index contributed by atoms with van der Waals surface area (Å²) in [5.74, 6) is 1.27. The number of likely N-dealkylation sites (tertiary alicyclic amines) is 1. The molecule has 1 aliphatic heterocycles. The molecule has 1 saturated heterocycles. The lowest BCUT2D eigenvalue weighted by Gasteiger charge is -2.35. The smallest absolute Gasteiger partial charge is 0.131 e. The van der Waals surface area contributed by atoms with Crippen LogP contribution in [-0.2, 0) is 4.79 Å². The standard InChI is InChI=1S/C13H23NO/c1-10(9-11(2)15)14-8-7-12-5-3-4-6-13(12)14/h10,12-13H,3-9H2,1-2H3. The van der Waals surface area contributed by atoms with E-state index in [9.17, 15) is 4.79 Å². The summed E-state index contributed by atoms with van der Waals surface area (Å²) in [6.07, 6.45) is 7.72. The molecule has 2 aliphatic rings. The van der Waals surface area contributed by atoms with Gasteiger partial charge in [0.25, 0.3) is 0 Å². The van der Waals surface area contributed by atoms with E-state index in [2.05, 4.69) is 11.8 Å². The highest BCUT2D eigenvalue weighted by atomic mass is 16.1. The maximum atomic E-state index is 11.1. The summed E-state index contributed by atoms with van der Waals surface area (Å²) in [6.45, 7) is 5.16. The monoisotopic (exact) mass is 209 g/mol. The molecule has 2 fully saturated rings. The molecule has 2 nitrogen and oxygen atoms in total. The molecule has 0 N–H and O–H groups in total. The van der Waals surface area contributed by atoms with Gasteiger partial charge in [0.1, 0.15) is 5.78 Å². The first-order chi connectivity index (χ1) is 7.18. The van der Waals surface area contributed by atoms with Gasteiger partial charge in [-0.3, -0.25) is 9.69 Å². The van der Waals surface area contributed by atoms with E-state index >= 15 is 0 Å². The molecule has 1 aliphatic carbocycles. The second-order valence-electron chi connectivity index (χ2n) is 5.39. The van der Waals surface area contributed by atoms with Crippen LogP contribution in [0.25, 0.3) is 0 Å². The number of Topliss-reactive ketones (excluding diaryl/α,β-unsaturated/α-hetero) is 1. The lowest BCUT2D eigenvalue weighted by atomic mass is 9.85. The van der Waals surface area contributed by atoms with Crippen LogP contribution in [0.3, 0.4) is 0 Å². The highest BCUT2D eigenvalue weighted by Crippen LogP contribution is 2.37. The van der Waals surface area contributed by atoms with E-state index in [0.29, 0.717) is 11.8 Å². The summed E-state index contributed by atoms with van der Waals surface area (Å²) < 4.78 is 0. The maximum absolute atomic E-state index is 11.1. The van der Waals surface area contributed by atoms with Crippen molar-refractivity contribution in [3.8, 4) is 0 Å². The molecular weight excluding hydrogens is 186 g/mol. The summed E-state index contributed by atoms with van der Waals surface area (Å²) >= 11 is 0. The van der Waals surface area contributed by atoms with Crippen molar-refractivity contribution in [1.82, 2.24) is 4.90 Å². The minimum absolute atomic E-state index is 0.335. The first-order valence-electron chi connectivity index (χ1n) is 6.43. The predicted molar refractivity (Wildman–Crippen MR) is 61.8 cm³/mol. The third kappa shape index (κ3) is 2.41. The minimum Gasteiger partial charge on any atom is -0.300 e. The SMILES string of the molecule is CC(=O)CC(C)N1CCC2CCCCC21. The molecule has 0 amide bonds. The van der Waals surface area contributed by atoms with E-state index in [-0.39, 0.29) is 0 Å². The first kappa shape index (κ1) is 11.1. The van der Waals surface area contributed by atoms with Crippen molar-refractivity contribution in [1.29, 1.82) is 0 Å². The topological polar surface area (TPSA) is 20.3 Å². The highest BCUT2D eigenvalue weighted by Gasteiger charge is 2.37. The number of carbonyl (C=O) groups excluding carboxylic acids is 1. The number of ketones is 1. The number of hydrogen-bond acceptors (Lipinski definition) is 2. The van der Waals surface area contributed by atoms with Gasteiger partial charge in [-0.15, -0.1) is 0 Å². The van der Waals surface area contributed by atoms with Gasteiger partial charge in [-0.1, -0.05) is 12.8 Å². The van der Waals surface area contributed by atoms with Gasteiger partial charge < -0.3 is 0 Å². The molecule has 2 rings (SSSR count). The van der Waals surface area contributed by atoms with E-state index in [1.165, 1.54) is 38.6 Å². The Morgan fingerprint density at radius 1 is 1.33 bits per heavy atom. The molecular formula is C13H23NO. The van der Waals surface area contributed by atoms with Gasteiger partial charge in [-0.25, -0.2) is 0 Å². The zero-order chi connectivity index (χ0) is 10.8. The van der Waals surface area contributed by atoms with E-state index in [1.807, 2.05) is 0 Å². The maximum Gasteiger partial charge on any atom is 0.131 e. The number of rotatable bonds is 3. The zero-order valence-electron chi connectivity index (χ0n) is 10.0. The Labute approximate surface area is 93.0 Å².